The third kappa shape index (κ3) is 18.2. The maximum absolute atomic E-state index is 9.12. The van der Waals surface area contributed by atoms with E-state index in [1.807, 2.05) is 0 Å². The van der Waals surface area contributed by atoms with Crippen LogP contribution in [0.5, 0.6) is 0 Å². The summed E-state index contributed by atoms with van der Waals surface area (Å²) in [5.41, 5.74) is 0. The van der Waals surface area contributed by atoms with Gasteiger partial charge in [-0.25, -0.2) is 0 Å². The molecule has 0 radical (unpaired) electrons. The van der Waals surface area contributed by atoms with E-state index in [0.717, 1.165) is 12.3 Å². The average molecular weight is 345 g/mol. The van der Waals surface area contributed by atoms with E-state index < -0.39 is 6.10 Å². The molecule has 0 saturated carbocycles. The predicted octanol–water partition coefficient (Wildman–Crippen LogP) is 5.47. The molecule has 0 aromatic heterocycles. The van der Waals surface area contributed by atoms with E-state index in [-0.39, 0.29) is 13.2 Å². The predicted molar refractivity (Wildman–Crippen MR) is 103 cm³/mol. The minimum absolute atomic E-state index is 0.211. The number of hydrogen-bond acceptors (Lipinski definition) is 3. The van der Waals surface area contributed by atoms with Crippen molar-refractivity contribution in [2.75, 3.05) is 19.8 Å². The van der Waals surface area contributed by atoms with E-state index in [4.69, 9.17) is 14.9 Å². The van der Waals surface area contributed by atoms with Crippen LogP contribution >= 0.6 is 0 Å². The van der Waals surface area contributed by atoms with E-state index in [9.17, 15) is 0 Å². The minimum Gasteiger partial charge on any atom is -0.394 e. The second-order valence-corrected chi connectivity index (χ2v) is 7.48. The van der Waals surface area contributed by atoms with Gasteiger partial charge in [0.2, 0.25) is 0 Å². The third-order valence-electron chi connectivity index (χ3n) is 4.81. The lowest BCUT2D eigenvalue weighted by Crippen LogP contribution is -2.19. The summed E-state index contributed by atoms with van der Waals surface area (Å²) in [5, 5.41) is 17.8. The van der Waals surface area contributed by atoms with Crippen molar-refractivity contribution in [3.63, 3.8) is 0 Å². The fourth-order valence-corrected chi connectivity index (χ4v) is 3.09. The Hall–Kier alpha value is -0.120. The highest BCUT2D eigenvalue weighted by molar-refractivity contribution is 4.55. The van der Waals surface area contributed by atoms with Crippen LogP contribution in [-0.2, 0) is 4.74 Å². The lowest BCUT2D eigenvalue weighted by atomic mass is 9.96. The monoisotopic (exact) mass is 344 g/mol. The molecule has 0 amide bonds. The fourth-order valence-electron chi connectivity index (χ4n) is 3.09. The Morgan fingerprint density at radius 1 is 0.750 bits per heavy atom. The zero-order valence-corrected chi connectivity index (χ0v) is 16.5. The van der Waals surface area contributed by atoms with Crippen molar-refractivity contribution in [3.05, 3.63) is 0 Å². The third-order valence-corrected chi connectivity index (χ3v) is 4.81. The van der Waals surface area contributed by atoms with E-state index >= 15 is 0 Å². The van der Waals surface area contributed by atoms with Gasteiger partial charge in [-0.05, 0) is 12.3 Å². The van der Waals surface area contributed by atoms with Crippen LogP contribution in [0.4, 0.5) is 0 Å². The molecule has 0 bridgehead atoms. The molecular formula is C21H44O3. The molecule has 2 unspecified atom stereocenters. The van der Waals surface area contributed by atoms with Crippen molar-refractivity contribution in [3.8, 4) is 0 Å². The number of hydrogen-bond donors (Lipinski definition) is 2. The molecule has 0 rings (SSSR count). The Balaban J connectivity index is 3.10. The van der Waals surface area contributed by atoms with Crippen LogP contribution in [0.15, 0.2) is 0 Å². The zero-order valence-electron chi connectivity index (χ0n) is 16.5. The summed E-state index contributed by atoms with van der Waals surface area (Å²) in [6, 6.07) is 0. The molecule has 2 atom stereocenters. The highest BCUT2D eigenvalue weighted by Crippen LogP contribution is 2.17. The molecule has 0 aromatic carbocycles. The van der Waals surface area contributed by atoms with Crippen LogP contribution in [0.3, 0.4) is 0 Å². The number of rotatable bonds is 19. The normalized spacial score (nSPS) is 14.0. The highest BCUT2D eigenvalue weighted by atomic mass is 16.5. The van der Waals surface area contributed by atoms with Crippen LogP contribution in [-0.4, -0.2) is 36.1 Å². The summed E-state index contributed by atoms with van der Waals surface area (Å²) in [5.74, 6) is 0.928. The number of ether oxygens (including phenoxy) is 1. The highest BCUT2D eigenvalue weighted by Gasteiger charge is 2.02. The Kier molecular flexibility index (Phi) is 19.1. The molecule has 146 valence electrons. The standard InChI is InChI=1S/C21H44O3/c1-3-4-12-15-20(2)16-13-10-8-6-5-7-9-11-14-17-24-19-21(23)18-22/h20-23H,3-19H2,1-2H3. The average Bonchev–Trinajstić information content (AvgIpc) is 2.58. The van der Waals surface area contributed by atoms with Gasteiger partial charge >= 0.3 is 0 Å². The van der Waals surface area contributed by atoms with E-state index in [1.54, 1.807) is 0 Å². The van der Waals surface area contributed by atoms with Gasteiger partial charge in [0.1, 0.15) is 6.10 Å². The smallest absolute Gasteiger partial charge is 0.100 e. The van der Waals surface area contributed by atoms with E-state index in [2.05, 4.69) is 13.8 Å². The Labute approximate surface area is 151 Å². The molecular weight excluding hydrogens is 300 g/mol. The largest absolute Gasteiger partial charge is 0.394 e. The summed E-state index contributed by atoms with van der Waals surface area (Å²) in [6.45, 7) is 5.45. The molecule has 3 nitrogen and oxygen atoms in total. The molecule has 24 heavy (non-hydrogen) atoms. The first-order chi connectivity index (χ1) is 11.7. The maximum atomic E-state index is 9.12. The van der Waals surface area contributed by atoms with Gasteiger partial charge in [-0.3, -0.25) is 0 Å². The van der Waals surface area contributed by atoms with Crippen molar-refractivity contribution in [1.82, 2.24) is 0 Å². The molecule has 0 heterocycles. The molecule has 0 fully saturated rings. The van der Waals surface area contributed by atoms with Gasteiger partial charge < -0.3 is 14.9 Å². The first-order valence-electron chi connectivity index (χ1n) is 10.6. The van der Waals surface area contributed by atoms with Gasteiger partial charge in [0.25, 0.3) is 0 Å². The number of unbranched alkanes of at least 4 members (excludes halogenated alkanes) is 10. The number of aliphatic hydroxyl groups excluding tert-OH is 2. The SMILES string of the molecule is CCCCCC(C)CCCCCCCCCCCOCC(O)CO. The van der Waals surface area contributed by atoms with Crippen molar-refractivity contribution < 1.29 is 14.9 Å². The van der Waals surface area contributed by atoms with Crippen molar-refractivity contribution in [2.24, 2.45) is 5.92 Å². The van der Waals surface area contributed by atoms with Crippen LogP contribution in [0, 0.1) is 5.92 Å². The summed E-state index contributed by atoms with van der Waals surface area (Å²) >= 11 is 0. The Morgan fingerprint density at radius 3 is 1.79 bits per heavy atom. The van der Waals surface area contributed by atoms with Crippen molar-refractivity contribution in [2.45, 2.75) is 110 Å². The van der Waals surface area contributed by atoms with Crippen LogP contribution < -0.4 is 0 Å². The van der Waals surface area contributed by atoms with Crippen LogP contribution in [0.25, 0.3) is 0 Å². The topological polar surface area (TPSA) is 49.7 Å². The quantitative estimate of drug-likeness (QED) is 0.305. The summed E-state index contributed by atoms with van der Waals surface area (Å²) in [4.78, 5) is 0. The van der Waals surface area contributed by atoms with Crippen molar-refractivity contribution >= 4 is 0 Å². The fraction of sp³-hybridized carbons (Fsp3) is 1.00. The second kappa shape index (κ2) is 19.2. The number of aliphatic hydroxyl groups is 2. The zero-order chi connectivity index (χ0) is 17.9. The Bertz CT molecular complexity index is 233. The van der Waals surface area contributed by atoms with Gasteiger partial charge in [0, 0.05) is 6.61 Å². The van der Waals surface area contributed by atoms with Gasteiger partial charge in [-0.2, -0.15) is 0 Å². The molecule has 0 aliphatic carbocycles. The maximum Gasteiger partial charge on any atom is 0.100 e. The first kappa shape index (κ1) is 23.9. The lowest BCUT2D eigenvalue weighted by Gasteiger charge is -2.10. The minimum atomic E-state index is -0.718. The molecule has 0 spiro atoms. The molecule has 0 aliphatic rings. The van der Waals surface area contributed by atoms with E-state index in [1.165, 1.54) is 83.5 Å². The molecule has 2 N–H and O–H groups in total. The summed E-state index contributed by atoms with van der Waals surface area (Å²) in [6.07, 6.45) is 18.2. The molecule has 3 heteroatoms. The van der Waals surface area contributed by atoms with Gasteiger partial charge in [0.15, 0.2) is 0 Å². The van der Waals surface area contributed by atoms with Gasteiger partial charge in [-0.1, -0.05) is 97.3 Å². The van der Waals surface area contributed by atoms with Gasteiger partial charge in [-0.15, -0.1) is 0 Å². The van der Waals surface area contributed by atoms with Crippen LogP contribution in [0.1, 0.15) is 104 Å². The summed E-state index contributed by atoms with van der Waals surface area (Å²) in [7, 11) is 0. The van der Waals surface area contributed by atoms with Crippen LogP contribution in [0.2, 0.25) is 0 Å². The molecule has 0 saturated heterocycles. The van der Waals surface area contributed by atoms with Crippen molar-refractivity contribution in [1.29, 1.82) is 0 Å². The summed E-state index contributed by atoms with van der Waals surface area (Å²) < 4.78 is 5.30. The molecule has 0 aliphatic heterocycles. The first-order valence-corrected chi connectivity index (χ1v) is 10.6. The lowest BCUT2D eigenvalue weighted by molar-refractivity contribution is 0.00526. The Morgan fingerprint density at radius 2 is 1.25 bits per heavy atom. The second-order valence-electron chi connectivity index (χ2n) is 7.48. The van der Waals surface area contributed by atoms with Gasteiger partial charge in [0.05, 0.1) is 13.2 Å². The molecule has 0 aromatic rings. The van der Waals surface area contributed by atoms with E-state index in [0.29, 0.717) is 6.61 Å².